The summed E-state index contributed by atoms with van der Waals surface area (Å²) in [5.41, 5.74) is 2.56. The Morgan fingerprint density at radius 1 is 0.923 bits per heavy atom. The Morgan fingerprint density at radius 3 is 2.26 bits per heavy atom. The van der Waals surface area contributed by atoms with Gasteiger partial charge in [0.2, 0.25) is 0 Å². The third-order valence-corrected chi connectivity index (χ3v) is 7.16. The molecule has 2 aliphatic carbocycles. The van der Waals surface area contributed by atoms with Gasteiger partial charge in [-0.25, -0.2) is 14.4 Å². The van der Waals surface area contributed by atoms with E-state index in [9.17, 15) is 24.0 Å². The van der Waals surface area contributed by atoms with E-state index in [-0.39, 0.29) is 48.3 Å². The van der Waals surface area contributed by atoms with Gasteiger partial charge in [-0.1, -0.05) is 65.8 Å². The number of rotatable bonds is 8. The molecule has 4 atom stereocenters. The highest BCUT2D eigenvalue weighted by molar-refractivity contribution is 6.20. The molecule has 3 amide bonds. The second-order valence-corrected chi connectivity index (χ2v) is 9.38. The van der Waals surface area contributed by atoms with Gasteiger partial charge in [-0.2, -0.15) is 0 Å². The van der Waals surface area contributed by atoms with E-state index >= 15 is 0 Å². The zero-order valence-corrected chi connectivity index (χ0v) is 21.1. The number of amides is 3. The van der Waals surface area contributed by atoms with Gasteiger partial charge in [-0.05, 0) is 35.6 Å². The fourth-order valence-corrected chi connectivity index (χ4v) is 5.28. The number of alkyl carbamates (subject to hydrolysis) is 1. The van der Waals surface area contributed by atoms with Crippen molar-refractivity contribution < 1.29 is 38.3 Å². The zero-order valence-electron chi connectivity index (χ0n) is 21.1. The summed E-state index contributed by atoms with van der Waals surface area (Å²) in [7, 11) is 1.15. The average Bonchev–Trinajstić information content (AvgIpc) is 3.41. The summed E-state index contributed by atoms with van der Waals surface area (Å²) in [6.07, 6.45) is 6.81. The summed E-state index contributed by atoms with van der Waals surface area (Å²) < 4.78 is 10.3. The lowest BCUT2D eigenvalue weighted by molar-refractivity contribution is -0.168. The lowest BCUT2D eigenvalue weighted by Crippen LogP contribution is -2.43. The second kappa shape index (κ2) is 10.9. The molecule has 5 rings (SSSR count). The van der Waals surface area contributed by atoms with E-state index in [4.69, 9.17) is 14.3 Å². The number of fused-ring (bicyclic) bond motifs is 4. The Morgan fingerprint density at radius 2 is 1.56 bits per heavy atom. The van der Waals surface area contributed by atoms with Crippen molar-refractivity contribution >= 4 is 29.8 Å². The number of esters is 1. The molecule has 39 heavy (non-hydrogen) atoms. The van der Waals surface area contributed by atoms with Crippen molar-refractivity contribution in [2.75, 3.05) is 13.7 Å². The van der Waals surface area contributed by atoms with E-state index in [0.29, 0.717) is 5.06 Å². The quantitative estimate of drug-likeness (QED) is 0.406. The number of benzene rings is 2. The summed E-state index contributed by atoms with van der Waals surface area (Å²) in [5.74, 6) is -2.92. The molecule has 0 saturated carbocycles. The van der Waals surface area contributed by atoms with Gasteiger partial charge in [-0.3, -0.25) is 9.59 Å². The van der Waals surface area contributed by atoms with Gasteiger partial charge in [0.15, 0.2) is 0 Å². The van der Waals surface area contributed by atoms with E-state index in [0.717, 1.165) is 12.7 Å². The minimum atomic E-state index is -1.21. The molecule has 2 aromatic carbocycles. The molecule has 1 heterocycles. The standard InChI is InChI=1S/C29H26N2O8/c1-37-28(35)24(14-15-25(32)39-31-26(33)21-12-6-7-13-22(21)27(31)34)30-29(36)38-16-23-19-10-4-2-8-17(19)18-9-3-5-11-20(18)23/h2-13,17,19,23-24H,14-16H2,1H3,(H,30,36)/t17?,19?,23?,24-/m0/s1. The van der Waals surface area contributed by atoms with Crippen molar-refractivity contribution in [3.05, 3.63) is 95.1 Å². The highest BCUT2D eigenvalue weighted by atomic mass is 16.7. The summed E-state index contributed by atoms with van der Waals surface area (Å²) in [6, 6.07) is 12.9. The molecule has 3 aliphatic rings. The molecular formula is C29H26N2O8. The van der Waals surface area contributed by atoms with Crippen molar-refractivity contribution in [1.29, 1.82) is 0 Å². The maximum absolute atomic E-state index is 12.7. The van der Waals surface area contributed by atoms with Crippen molar-refractivity contribution in [2.24, 2.45) is 5.92 Å². The molecule has 0 bridgehead atoms. The fourth-order valence-electron chi connectivity index (χ4n) is 5.28. The van der Waals surface area contributed by atoms with Crippen LogP contribution in [-0.4, -0.2) is 54.7 Å². The first-order valence-corrected chi connectivity index (χ1v) is 12.5. The Bertz CT molecular complexity index is 1360. The van der Waals surface area contributed by atoms with Gasteiger partial charge in [0, 0.05) is 11.8 Å². The third kappa shape index (κ3) is 5.05. The molecule has 10 heteroatoms. The van der Waals surface area contributed by atoms with Crippen LogP contribution >= 0.6 is 0 Å². The minimum Gasteiger partial charge on any atom is -0.467 e. The fraction of sp³-hybridized carbons (Fsp3) is 0.276. The Hall–Kier alpha value is -4.73. The number of hydrogen-bond donors (Lipinski definition) is 1. The van der Waals surface area contributed by atoms with Crippen LogP contribution in [0.25, 0.3) is 0 Å². The SMILES string of the molecule is COC(=O)[C@H](CCC(=O)ON1C(=O)c2ccccc2C1=O)NC(=O)OCC1c2ccccc2C2C=CC=CC21. The number of hydrogen-bond acceptors (Lipinski definition) is 8. The molecule has 2 aromatic rings. The number of nitrogens with one attached hydrogen (secondary N) is 1. The van der Waals surface area contributed by atoms with Crippen LogP contribution in [0.2, 0.25) is 0 Å². The molecule has 3 unspecified atom stereocenters. The number of carbonyl (C=O) groups excluding carboxylic acids is 5. The van der Waals surface area contributed by atoms with Crippen LogP contribution in [0.3, 0.4) is 0 Å². The average molecular weight is 531 g/mol. The van der Waals surface area contributed by atoms with Crippen LogP contribution < -0.4 is 5.32 Å². The van der Waals surface area contributed by atoms with E-state index in [2.05, 4.69) is 23.5 Å². The van der Waals surface area contributed by atoms with Gasteiger partial charge in [0.05, 0.1) is 24.7 Å². The van der Waals surface area contributed by atoms with Crippen molar-refractivity contribution in [3.63, 3.8) is 0 Å². The number of carbonyl (C=O) groups is 5. The predicted molar refractivity (Wildman–Crippen MR) is 136 cm³/mol. The van der Waals surface area contributed by atoms with Gasteiger partial charge in [0.25, 0.3) is 11.8 Å². The summed E-state index contributed by atoms with van der Waals surface area (Å²) >= 11 is 0. The summed E-state index contributed by atoms with van der Waals surface area (Å²) in [4.78, 5) is 67.1. The topological polar surface area (TPSA) is 128 Å². The van der Waals surface area contributed by atoms with Crippen molar-refractivity contribution in [2.45, 2.75) is 30.7 Å². The van der Waals surface area contributed by atoms with E-state index < -0.39 is 35.9 Å². The van der Waals surface area contributed by atoms with Crippen LogP contribution in [0.1, 0.15) is 56.5 Å². The number of methoxy groups -OCH3 is 1. The second-order valence-electron chi connectivity index (χ2n) is 9.38. The largest absolute Gasteiger partial charge is 0.467 e. The molecule has 0 saturated heterocycles. The zero-order chi connectivity index (χ0) is 27.5. The van der Waals surface area contributed by atoms with Crippen LogP contribution in [-0.2, 0) is 23.9 Å². The van der Waals surface area contributed by atoms with Crippen molar-refractivity contribution in [1.82, 2.24) is 10.4 Å². The van der Waals surface area contributed by atoms with E-state index in [1.54, 1.807) is 12.1 Å². The number of hydroxylamine groups is 2. The Labute approximate surface area is 224 Å². The first-order chi connectivity index (χ1) is 18.9. The minimum absolute atomic E-state index is 0.0515. The van der Waals surface area contributed by atoms with E-state index in [1.165, 1.54) is 17.7 Å². The number of imide groups is 1. The van der Waals surface area contributed by atoms with Crippen LogP contribution in [0.5, 0.6) is 0 Å². The lowest BCUT2D eigenvalue weighted by Gasteiger charge is -2.23. The van der Waals surface area contributed by atoms with Crippen LogP contribution in [0.4, 0.5) is 4.79 Å². The number of nitrogens with zero attached hydrogens (tertiary/aromatic N) is 1. The summed E-state index contributed by atoms with van der Waals surface area (Å²) in [6.45, 7) is 0.0951. The summed E-state index contributed by atoms with van der Waals surface area (Å²) in [5, 5.41) is 2.84. The highest BCUT2D eigenvalue weighted by Crippen LogP contribution is 2.49. The van der Waals surface area contributed by atoms with E-state index in [1.807, 2.05) is 30.4 Å². The molecule has 10 nitrogen and oxygen atoms in total. The molecule has 0 fully saturated rings. The Balaban J connectivity index is 1.16. The van der Waals surface area contributed by atoms with Gasteiger partial charge < -0.3 is 19.6 Å². The number of allylic oxidation sites excluding steroid dienone is 4. The first-order valence-electron chi connectivity index (χ1n) is 12.5. The van der Waals surface area contributed by atoms with Crippen molar-refractivity contribution in [3.8, 4) is 0 Å². The van der Waals surface area contributed by atoms with Crippen LogP contribution in [0, 0.1) is 5.92 Å². The predicted octanol–water partition coefficient (Wildman–Crippen LogP) is 3.41. The van der Waals surface area contributed by atoms with Gasteiger partial charge >= 0.3 is 18.0 Å². The molecule has 0 spiro atoms. The molecular weight excluding hydrogens is 504 g/mol. The molecule has 0 radical (unpaired) electrons. The molecule has 1 N–H and O–H groups in total. The molecule has 0 aromatic heterocycles. The monoisotopic (exact) mass is 530 g/mol. The van der Waals surface area contributed by atoms with Crippen LogP contribution in [0.15, 0.2) is 72.8 Å². The number of ether oxygens (including phenoxy) is 2. The van der Waals surface area contributed by atoms with Gasteiger partial charge in [-0.15, -0.1) is 0 Å². The lowest BCUT2D eigenvalue weighted by atomic mass is 9.84. The smallest absolute Gasteiger partial charge is 0.407 e. The third-order valence-electron chi connectivity index (χ3n) is 7.16. The van der Waals surface area contributed by atoms with Gasteiger partial charge in [0.1, 0.15) is 12.6 Å². The Kier molecular flexibility index (Phi) is 7.27. The maximum Gasteiger partial charge on any atom is 0.407 e. The maximum atomic E-state index is 12.7. The molecule has 1 aliphatic heterocycles. The first kappa shape index (κ1) is 25.9. The normalized spacial score (nSPS) is 21.1. The highest BCUT2D eigenvalue weighted by Gasteiger charge is 2.40. The molecule has 200 valence electrons.